The summed E-state index contributed by atoms with van der Waals surface area (Å²) in [4.78, 5) is 19.2. The maximum Gasteiger partial charge on any atom is 0.254 e. The van der Waals surface area contributed by atoms with Crippen molar-refractivity contribution >= 4 is 29.1 Å². The largest absolute Gasteiger partial charge is 0.475 e. The van der Waals surface area contributed by atoms with E-state index in [1.807, 2.05) is 24.3 Å². The van der Waals surface area contributed by atoms with E-state index in [1.54, 1.807) is 35.2 Å². The third kappa shape index (κ3) is 4.25. The Morgan fingerprint density at radius 3 is 2.63 bits per heavy atom. The topological polar surface area (TPSA) is 66.2 Å². The van der Waals surface area contributed by atoms with Crippen LogP contribution in [-0.4, -0.2) is 28.4 Å². The minimum absolute atomic E-state index is 0.135. The number of hydrogen-bond donors (Lipinski definition) is 0. The third-order valence-electron chi connectivity index (χ3n) is 5.07. The van der Waals surface area contributed by atoms with Crippen molar-refractivity contribution in [2.45, 2.75) is 19.0 Å². The molecule has 3 aromatic rings. The molecule has 1 aliphatic heterocycles. The molecule has 0 saturated heterocycles. The molecule has 4 rings (SSSR count). The van der Waals surface area contributed by atoms with Crippen molar-refractivity contribution in [3.63, 3.8) is 0 Å². The van der Waals surface area contributed by atoms with E-state index in [-0.39, 0.29) is 18.6 Å². The quantitative estimate of drug-likeness (QED) is 0.581. The maximum absolute atomic E-state index is 13.3. The third-order valence-corrected chi connectivity index (χ3v) is 5.81. The minimum atomic E-state index is -0.181. The predicted molar refractivity (Wildman–Crippen MR) is 115 cm³/mol. The van der Waals surface area contributed by atoms with Crippen LogP contribution in [0.3, 0.4) is 0 Å². The Bertz CT molecular complexity index is 1130. The molecule has 1 aromatic heterocycles. The molecule has 150 valence electrons. The van der Waals surface area contributed by atoms with E-state index in [2.05, 4.69) is 11.1 Å². The van der Waals surface area contributed by atoms with E-state index in [4.69, 9.17) is 33.2 Å². The van der Waals surface area contributed by atoms with Crippen molar-refractivity contribution in [2.75, 3.05) is 6.61 Å². The lowest BCUT2D eigenvalue weighted by atomic mass is 9.93. The number of benzene rings is 2. The van der Waals surface area contributed by atoms with Crippen LogP contribution < -0.4 is 4.74 Å². The van der Waals surface area contributed by atoms with Gasteiger partial charge in [0.25, 0.3) is 5.91 Å². The SMILES string of the molecule is N#Cc1ccc(OC[C@@H]2Cc3ccccc3CN2C(=O)c2ccc(Cl)c(Cl)c2)nc1. The standard InChI is InChI=1S/C23H17Cl2N3O2/c24-20-7-6-17(10-21(20)25)23(29)28-13-18-4-2-1-3-16(18)9-19(28)14-30-22-8-5-15(11-26)12-27-22/h1-8,10,12,19H,9,13-14H2/t19-/m0/s1. The smallest absolute Gasteiger partial charge is 0.254 e. The number of rotatable bonds is 4. The zero-order valence-electron chi connectivity index (χ0n) is 15.9. The summed E-state index contributed by atoms with van der Waals surface area (Å²) in [6, 6.07) is 18.1. The second-order valence-corrected chi connectivity index (χ2v) is 7.81. The van der Waals surface area contributed by atoms with Crippen molar-refractivity contribution < 1.29 is 9.53 Å². The highest BCUT2D eigenvalue weighted by Gasteiger charge is 2.31. The number of halogens is 2. The van der Waals surface area contributed by atoms with E-state index < -0.39 is 0 Å². The fourth-order valence-electron chi connectivity index (χ4n) is 3.48. The van der Waals surface area contributed by atoms with Crippen LogP contribution in [0.15, 0.2) is 60.8 Å². The summed E-state index contributed by atoms with van der Waals surface area (Å²) < 4.78 is 5.86. The highest BCUT2D eigenvalue weighted by atomic mass is 35.5. The van der Waals surface area contributed by atoms with Gasteiger partial charge in [0.2, 0.25) is 5.88 Å². The molecule has 1 amide bonds. The number of nitriles is 1. The first kappa shape index (κ1) is 20.2. The summed E-state index contributed by atoms with van der Waals surface area (Å²) in [5, 5.41) is 9.65. The summed E-state index contributed by atoms with van der Waals surface area (Å²) in [6.07, 6.45) is 2.13. The van der Waals surface area contributed by atoms with Gasteiger partial charge in [0.1, 0.15) is 12.7 Å². The van der Waals surface area contributed by atoms with Crippen molar-refractivity contribution in [1.29, 1.82) is 5.26 Å². The van der Waals surface area contributed by atoms with Gasteiger partial charge in [0, 0.05) is 24.4 Å². The Balaban J connectivity index is 1.58. The van der Waals surface area contributed by atoms with Crippen LogP contribution in [-0.2, 0) is 13.0 Å². The Morgan fingerprint density at radius 1 is 1.13 bits per heavy atom. The molecule has 0 saturated carbocycles. The molecule has 30 heavy (non-hydrogen) atoms. The normalized spacial score (nSPS) is 15.2. The zero-order valence-corrected chi connectivity index (χ0v) is 17.4. The molecule has 2 aromatic carbocycles. The Hall–Kier alpha value is -3.07. The number of amides is 1. The average molecular weight is 438 g/mol. The Kier molecular flexibility index (Phi) is 5.89. The monoisotopic (exact) mass is 437 g/mol. The number of pyridine rings is 1. The van der Waals surface area contributed by atoms with Gasteiger partial charge in [-0.05, 0) is 41.8 Å². The first-order chi connectivity index (χ1) is 14.5. The molecule has 0 fully saturated rings. The second kappa shape index (κ2) is 8.74. The van der Waals surface area contributed by atoms with Gasteiger partial charge in [0.15, 0.2) is 0 Å². The average Bonchev–Trinajstić information content (AvgIpc) is 2.78. The van der Waals surface area contributed by atoms with Crippen LogP contribution >= 0.6 is 23.2 Å². The van der Waals surface area contributed by atoms with Crippen LogP contribution in [0, 0.1) is 11.3 Å². The Labute approximate surface area is 184 Å². The van der Waals surface area contributed by atoms with Gasteiger partial charge in [-0.3, -0.25) is 4.79 Å². The zero-order chi connectivity index (χ0) is 21.1. The van der Waals surface area contributed by atoms with Crippen molar-refractivity contribution in [3.8, 4) is 11.9 Å². The van der Waals surface area contributed by atoms with Gasteiger partial charge < -0.3 is 9.64 Å². The molecule has 0 spiro atoms. The molecule has 0 radical (unpaired) electrons. The van der Waals surface area contributed by atoms with Crippen LogP contribution in [0.1, 0.15) is 27.0 Å². The maximum atomic E-state index is 13.3. The Morgan fingerprint density at radius 2 is 1.93 bits per heavy atom. The van der Waals surface area contributed by atoms with Crippen LogP contribution in [0.5, 0.6) is 5.88 Å². The highest BCUT2D eigenvalue weighted by molar-refractivity contribution is 6.42. The first-order valence-corrected chi connectivity index (χ1v) is 10.1. The second-order valence-electron chi connectivity index (χ2n) is 7.00. The van der Waals surface area contributed by atoms with Gasteiger partial charge >= 0.3 is 0 Å². The lowest BCUT2D eigenvalue weighted by molar-refractivity contribution is 0.0562. The number of ether oxygens (including phenoxy) is 1. The molecule has 0 unspecified atom stereocenters. The van der Waals surface area contributed by atoms with Gasteiger partial charge in [-0.15, -0.1) is 0 Å². The first-order valence-electron chi connectivity index (χ1n) is 9.37. The summed E-state index contributed by atoms with van der Waals surface area (Å²) >= 11 is 12.1. The van der Waals surface area contributed by atoms with Gasteiger partial charge in [-0.1, -0.05) is 47.5 Å². The molecule has 2 heterocycles. The molecule has 0 N–H and O–H groups in total. The number of nitrogens with zero attached hydrogens (tertiary/aromatic N) is 3. The van der Waals surface area contributed by atoms with Crippen LogP contribution in [0.25, 0.3) is 0 Å². The highest BCUT2D eigenvalue weighted by Crippen LogP contribution is 2.28. The lowest BCUT2D eigenvalue weighted by Crippen LogP contribution is -2.47. The molecule has 1 aliphatic rings. The van der Waals surface area contributed by atoms with Gasteiger partial charge in [-0.2, -0.15) is 5.26 Å². The van der Waals surface area contributed by atoms with E-state index in [1.165, 1.54) is 11.8 Å². The number of carbonyl (C=O) groups is 1. The van der Waals surface area contributed by atoms with Gasteiger partial charge in [-0.25, -0.2) is 4.98 Å². The molecular formula is C23H17Cl2N3O2. The molecule has 0 bridgehead atoms. The van der Waals surface area contributed by atoms with Crippen molar-refractivity contribution in [1.82, 2.24) is 9.88 Å². The van der Waals surface area contributed by atoms with Crippen LogP contribution in [0.4, 0.5) is 0 Å². The number of hydrogen-bond acceptors (Lipinski definition) is 4. The molecular weight excluding hydrogens is 421 g/mol. The number of aromatic nitrogens is 1. The fourth-order valence-corrected chi connectivity index (χ4v) is 3.78. The predicted octanol–water partition coefficient (Wildman–Crippen LogP) is 4.91. The summed E-state index contributed by atoms with van der Waals surface area (Å²) in [6.45, 7) is 0.754. The van der Waals surface area contributed by atoms with E-state index in [0.717, 1.165) is 5.56 Å². The number of fused-ring (bicyclic) bond motifs is 1. The van der Waals surface area contributed by atoms with Gasteiger partial charge in [0.05, 0.1) is 21.7 Å². The van der Waals surface area contributed by atoms with E-state index >= 15 is 0 Å². The molecule has 7 heteroatoms. The van der Waals surface area contributed by atoms with E-state index in [9.17, 15) is 4.79 Å². The molecule has 1 atom stereocenters. The molecule has 5 nitrogen and oxygen atoms in total. The van der Waals surface area contributed by atoms with Crippen LogP contribution in [0.2, 0.25) is 10.0 Å². The molecule has 0 aliphatic carbocycles. The summed E-state index contributed by atoms with van der Waals surface area (Å²) in [5.41, 5.74) is 3.24. The van der Waals surface area contributed by atoms with Crippen molar-refractivity contribution in [3.05, 3.63) is 93.1 Å². The van der Waals surface area contributed by atoms with Crippen molar-refractivity contribution in [2.24, 2.45) is 0 Å². The summed E-state index contributed by atoms with van der Waals surface area (Å²) in [5.74, 6) is 0.277. The van der Waals surface area contributed by atoms with E-state index in [0.29, 0.717) is 40.0 Å². The number of carbonyl (C=O) groups excluding carboxylic acids is 1. The lowest BCUT2D eigenvalue weighted by Gasteiger charge is -2.36. The minimum Gasteiger partial charge on any atom is -0.475 e. The fraction of sp³-hybridized carbons (Fsp3) is 0.174. The summed E-state index contributed by atoms with van der Waals surface area (Å²) in [7, 11) is 0.